The average Bonchev–Trinajstić information content (AvgIpc) is 2.77. The van der Waals surface area contributed by atoms with E-state index < -0.39 is 0 Å². The molecule has 0 bridgehead atoms. The highest BCUT2D eigenvalue weighted by atomic mass is 35.5. The Morgan fingerprint density at radius 2 is 2.00 bits per heavy atom. The molecule has 0 radical (unpaired) electrons. The SMILES string of the molecule is N#Cc1c(N)nc(N)nc1NCCCc1nc2cccc(Cl)c2c(=O)n1N1CCNCC1. The number of anilines is 3. The highest BCUT2D eigenvalue weighted by molar-refractivity contribution is 6.35. The summed E-state index contributed by atoms with van der Waals surface area (Å²) >= 11 is 6.32. The maximum atomic E-state index is 13.4. The first-order chi connectivity index (χ1) is 15.5. The smallest absolute Gasteiger partial charge is 0.281 e. The van der Waals surface area contributed by atoms with E-state index in [0.717, 1.165) is 13.1 Å². The number of aryl methyl sites for hydroxylation is 1. The van der Waals surface area contributed by atoms with Crippen LogP contribution in [0.2, 0.25) is 5.02 Å². The first-order valence-corrected chi connectivity index (χ1v) is 10.6. The first kappa shape index (κ1) is 21.6. The van der Waals surface area contributed by atoms with Crippen molar-refractivity contribution in [2.45, 2.75) is 12.8 Å². The molecule has 166 valence electrons. The van der Waals surface area contributed by atoms with Crippen molar-refractivity contribution in [3.8, 4) is 6.07 Å². The number of rotatable bonds is 6. The number of piperazine rings is 1. The predicted octanol–water partition coefficient (Wildman–Crippen LogP) is 0.462. The van der Waals surface area contributed by atoms with Gasteiger partial charge in [-0.1, -0.05) is 17.7 Å². The molecular formula is C20H23ClN10O. The van der Waals surface area contributed by atoms with Crippen molar-refractivity contribution in [1.82, 2.24) is 24.9 Å². The zero-order valence-corrected chi connectivity index (χ0v) is 18.1. The number of nitrogens with zero attached hydrogens (tertiary/aromatic N) is 6. The maximum Gasteiger partial charge on any atom is 0.281 e. The second kappa shape index (κ2) is 9.25. The number of hydrogen-bond acceptors (Lipinski definition) is 10. The molecule has 0 unspecified atom stereocenters. The fourth-order valence-corrected chi connectivity index (χ4v) is 3.97. The number of nitrogens with one attached hydrogen (secondary N) is 2. The summed E-state index contributed by atoms with van der Waals surface area (Å²) in [6.07, 6.45) is 1.14. The van der Waals surface area contributed by atoms with Gasteiger partial charge in [-0.2, -0.15) is 15.2 Å². The van der Waals surface area contributed by atoms with Crippen molar-refractivity contribution < 1.29 is 0 Å². The molecule has 0 aliphatic carbocycles. The molecule has 1 aliphatic rings. The largest absolute Gasteiger partial charge is 0.382 e. The summed E-state index contributed by atoms with van der Waals surface area (Å²) in [7, 11) is 0. The van der Waals surface area contributed by atoms with Crippen LogP contribution in [0.1, 0.15) is 17.8 Å². The van der Waals surface area contributed by atoms with Gasteiger partial charge < -0.3 is 27.1 Å². The quantitative estimate of drug-likeness (QED) is 0.384. The lowest BCUT2D eigenvalue weighted by atomic mass is 10.2. The van der Waals surface area contributed by atoms with Gasteiger partial charge in [-0.05, 0) is 18.6 Å². The molecule has 11 nitrogen and oxygen atoms in total. The molecule has 4 rings (SSSR count). The standard InChI is InChI=1S/C20H23ClN10O/c21-13-3-1-4-14-16(13)19(32)31(30-9-7-25-8-10-30)15(27-14)5-2-6-26-18-12(11-22)17(23)28-20(24)29-18/h1,3-4,25H,2,5-10H2,(H5,23,24,26,28,29). The Morgan fingerprint density at radius 3 is 2.75 bits per heavy atom. The van der Waals surface area contributed by atoms with E-state index in [2.05, 4.69) is 20.6 Å². The molecule has 32 heavy (non-hydrogen) atoms. The van der Waals surface area contributed by atoms with Crippen molar-refractivity contribution in [1.29, 1.82) is 5.26 Å². The van der Waals surface area contributed by atoms with Crippen LogP contribution in [0.3, 0.4) is 0 Å². The maximum absolute atomic E-state index is 13.4. The molecule has 3 heterocycles. The van der Waals surface area contributed by atoms with Gasteiger partial charge in [-0.3, -0.25) is 4.79 Å². The lowest BCUT2D eigenvalue weighted by molar-refractivity contribution is 0.465. The Labute approximate surface area is 189 Å². The van der Waals surface area contributed by atoms with Crippen molar-refractivity contribution in [2.24, 2.45) is 0 Å². The molecular weight excluding hydrogens is 432 g/mol. The van der Waals surface area contributed by atoms with Gasteiger partial charge >= 0.3 is 0 Å². The van der Waals surface area contributed by atoms with Crippen LogP contribution < -0.4 is 32.7 Å². The monoisotopic (exact) mass is 454 g/mol. The van der Waals surface area contributed by atoms with Crippen molar-refractivity contribution >= 4 is 40.1 Å². The molecule has 3 aromatic rings. The normalized spacial score (nSPS) is 13.8. The van der Waals surface area contributed by atoms with Crippen molar-refractivity contribution in [3.05, 3.63) is 45.0 Å². The highest BCUT2D eigenvalue weighted by Crippen LogP contribution is 2.20. The van der Waals surface area contributed by atoms with Gasteiger partial charge in [0.15, 0.2) is 5.82 Å². The second-order valence-corrected chi connectivity index (χ2v) is 7.72. The van der Waals surface area contributed by atoms with Crippen LogP contribution in [0.4, 0.5) is 17.6 Å². The molecule has 6 N–H and O–H groups in total. The lowest BCUT2D eigenvalue weighted by Crippen LogP contribution is -2.54. The van der Waals surface area contributed by atoms with Crippen LogP contribution >= 0.6 is 11.6 Å². The molecule has 0 atom stereocenters. The molecule has 1 saturated heterocycles. The minimum atomic E-state index is -0.173. The van der Waals surface area contributed by atoms with Crippen molar-refractivity contribution in [2.75, 3.05) is 54.5 Å². The van der Waals surface area contributed by atoms with E-state index in [1.165, 1.54) is 0 Å². The van der Waals surface area contributed by atoms with E-state index in [1.54, 1.807) is 22.9 Å². The van der Waals surface area contributed by atoms with Crippen LogP contribution in [0, 0.1) is 11.3 Å². The minimum Gasteiger partial charge on any atom is -0.382 e. The summed E-state index contributed by atoms with van der Waals surface area (Å²) in [5.74, 6) is 0.957. The van der Waals surface area contributed by atoms with E-state index in [4.69, 9.17) is 28.1 Å². The van der Waals surface area contributed by atoms with Gasteiger partial charge in [0, 0.05) is 39.1 Å². The second-order valence-electron chi connectivity index (χ2n) is 7.32. The molecule has 12 heteroatoms. The fourth-order valence-electron chi connectivity index (χ4n) is 3.72. The average molecular weight is 455 g/mol. The number of benzene rings is 1. The Hall–Kier alpha value is -3.62. The van der Waals surface area contributed by atoms with E-state index >= 15 is 0 Å². The molecule has 2 aromatic heterocycles. The van der Waals surface area contributed by atoms with E-state index in [1.807, 2.05) is 11.1 Å². The first-order valence-electron chi connectivity index (χ1n) is 10.2. The Balaban J connectivity index is 1.59. The van der Waals surface area contributed by atoms with Crippen LogP contribution in [-0.2, 0) is 6.42 Å². The Kier molecular flexibility index (Phi) is 6.25. The third-order valence-electron chi connectivity index (χ3n) is 5.20. The van der Waals surface area contributed by atoms with Gasteiger partial charge in [0.2, 0.25) is 5.95 Å². The number of nitrogen functional groups attached to an aromatic ring is 2. The van der Waals surface area contributed by atoms with Gasteiger partial charge in [0.1, 0.15) is 23.3 Å². The Morgan fingerprint density at radius 1 is 1.22 bits per heavy atom. The van der Waals surface area contributed by atoms with Gasteiger partial charge in [0.05, 0.1) is 15.9 Å². The molecule has 0 amide bonds. The number of aromatic nitrogens is 4. The zero-order chi connectivity index (χ0) is 22.7. The van der Waals surface area contributed by atoms with Gasteiger partial charge in [0.25, 0.3) is 5.56 Å². The predicted molar refractivity (Wildman–Crippen MR) is 124 cm³/mol. The van der Waals surface area contributed by atoms with Crippen LogP contribution in [0.15, 0.2) is 23.0 Å². The summed E-state index contributed by atoms with van der Waals surface area (Å²) < 4.78 is 1.65. The summed E-state index contributed by atoms with van der Waals surface area (Å²) in [6.45, 7) is 3.40. The van der Waals surface area contributed by atoms with Crippen molar-refractivity contribution in [3.63, 3.8) is 0 Å². The van der Waals surface area contributed by atoms with E-state index in [-0.39, 0.29) is 28.7 Å². The molecule has 1 fully saturated rings. The third kappa shape index (κ3) is 4.23. The topological polar surface area (TPSA) is 164 Å². The Bertz CT molecular complexity index is 1250. The molecule has 1 aliphatic heterocycles. The summed E-state index contributed by atoms with van der Waals surface area (Å²) in [5.41, 5.74) is 11.9. The van der Waals surface area contributed by atoms with E-state index in [0.29, 0.717) is 54.2 Å². The fraction of sp³-hybridized carbons (Fsp3) is 0.350. The van der Waals surface area contributed by atoms with E-state index in [9.17, 15) is 10.1 Å². The number of halogens is 1. The minimum absolute atomic E-state index is 0.00961. The third-order valence-corrected chi connectivity index (χ3v) is 5.52. The number of nitriles is 1. The van der Waals surface area contributed by atoms with Gasteiger partial charge in [-0.25, -0.2) is 9.66 Å². The zero-order valence-electron chi connectivity index (χ0n) is 17.3. The summed E-state index contributed by atoms with van der Waals surface area (Å²) in [6, 6.07) is 7.26. The highest BCUT2D eigenvalue weighted by Gasteiger charge is 2.20. The molecule has 0 saturated carbocycles. The summed E-state index contributed by atoms with van der Waals surface area (Å²) in [5, 5.41) is 18.5. The molecule has 0 spiro atoms. The number of fused-ring (bicyclic) bond motifs is 1. The number of nitrogens with two attached hydrogens (primary N) is 2. The molecule has 1 aromatic carbocycles. The number of hydrogen-bond donors (Lipinski definition) is 4. The van der Waals surface area contributed by atoms with Crippen LogP contribution in [0.25, 0.3) is 10.9 Å². The summed E-state index contributed by atoms with van der Waals surface area (Å²) in [4.78, 5) is 26.0. The lowest BCUT2D eigenvalue weighted by Gasteiger charge is -2.32. The van der Waals surface area contributed by atoms with Gasteiger partial charge in [-0.15, -0.1) is 0 Å². The van der Waals surface area contributed by atoms with Crippen LogP contribution in [0.5, 0.6) is 0 Å². The van der Waals surface area contributed by atoms with Crippen LogP contribution in [-0.4, -0.2) is 52.4 Å².